The van der Waals surface area contributed by atoms with Crippen LogP contribution in [0.4, 0.5) is 0 Å². The predicted molar refractivity (Wildman–Crippen MR) is 74.7 cm³/mol. The minimum Gasteiger partial charge on any atom is -0.331 e. The van der Waals surface area contributed by atoms with E-state index in [1.165, 1.54) is 5.52 Å². The second-order valence-corrected chi connectivity index (χ2v) is 4.84. The molecule has 0 amide bonds. The molecule has 2 aromatic heterocycles. The van der Waals surface area contributed by atoms with E-state index >= 15 is 0 Å². The first-order valence-electron chi connectivity index (χ1n) is 6.42. The van der Waals surface area contributed by atoms with Gasteiger partial charge in [0.1, 0.15) is 5.82 Å². The molecule has 0 saturated heterocycles. The van der Waals surface area contributed by atoms with Gasteiger partial charge in [-0.15, -0.1) is 0 Å². The molecule has 0 N–H and O–H groups in total. The van der Waals surface area contributed by atoms with Crippen LogP contribution in [0.2, 0.25) is 0 Å². The zero-order chi connectivity index (χ0) is 12.7. The average molecular weight is 239 g/mol. The summed E-state index contributed by atoms with van der Waals surface area (Å²) in [4.78, 5) is 9.22. The Morgan fingerprint density at radius 2 is 2.11 bits per heavy atom. The number of aryl methyl sites for hydroxylation is 1. The van der Waals surface area contributed by atoms with E-state index in [4.69, 9.17) is 4.98 Å². The third-order valence-corrected chi connectivity index (χ3v) is 3.72. The van der Waals surface area contributed by atoms with Crippen molar-refractivity contribution in [3.05, 3.63) is 36.3 Å². The van der Waals surface area contributed by atoms with Gasteiger partial charge in [0.05, 0.1) is 16.6 Å². The Morgan fingerprint density at radius 3 is 2.89 bits per heavy atom. The van der Waals surface area contributed by atoms with Gasteiger partial charge in [0.25, 0.3) is 0 Å². The summed E-state index contributed by atoms with van der Waals surface area (Å²) in [5.74, 6) is 1.64. The minimum absolute atomic E-state index is 0.481. The van der Waals surface area contributed by atoms with Gasteiger partial charge in [-0.2, -0.15) is 0 Å². The molecule has 3 aromatic rings. The van der Waals surface area contributed by atoms with Crippen LogP contribution in [0.5, 0.6) is 0 Å². The molecule has 3 rings (SSSR count). The van der Waals surface area contributed by atoms with Gasteiger partial charge >= 0.3 is 0 Å². The lowest BCUT2D eigenvalue weighted by molar-refractivity contribution is 0.649. The molecule has 0 aliphatic rings. The summed E-state index contributed by atoms with van der Waals surface area (Å²) in [6.45, 7) is 4.42. The molecule has 0 saturated carbocycles. The Balaban J connectivity index is 2.38. The lowest BCUT2D eigenvalue weighted by atomic mass is 10.1. The predicted octanol–water partition coefficient (Wildman–Crippen LogP) is 3.64. The third kappa shape index (κ3) is 1.50. The summed E-state index contributed by atoms with van der Waals surface area (Å²) in [7, 11) is 2.10. The topological polar surface area (TPSA) is 30.7 Å². The van der Waals surface area contributed by atoms with Gasteiger partial charge in [0.15, 0.2) is 0 Å². The summed E-state index contributed by atoms with van der Waals surface area (Å²) < 4.78 is 2.20. The molecular weight excluding hydrogens is 222 g/mol. The van der Waals surface area contributed by atoms with Crippen LogP contribution >= 0.6 is 0 Å². The normalized spacial score (nSPS) is 13.3. The van der Waals surface area contributed by atoms with Crippen molar-refractivity contribution in [2.45, 2.75) is 26.2 Å². The van der Waals surface area contributed by atoms with Crippen molar-refractivity contribution in [1.29, 1.82) is 0 Å². The van der Waals surface area contributed by atoms with Gasteiger partial charge in [0, 0.05) is 24.5 Å². The van der Waals surface area contributed by atoms with Crippen molar-refractivity contribution < 1.29 is 0 Å². The fraction of sp³-hybridized carbons (Fsp3) is 0.333. The monoisotopic (exact) mass is 239 g/mol. The molecule has 1 unspecified atom stereocenters. The molecule has 1 aromatic carbocycles. The molecule has 0 aliphatic heterocycles. The Bertz CT molecular complexity index is 712. The highest BCUT2D eigenvalue weighted by molar-refractivity contribution is 6.02. The summed E-state index contributed by atoms with van der Waals surface area (Å²) in [6, 6.07) is 8.25. The average Bonchev–Trinajstić information content (AvgIpc) is 2.76. The molecule has 0 spiro atoms. The number of rotatable bonds is 2. The Labute approximate surface area is 106 Å². The molecule has 2 heterocycles. The first-order valence-corrected chi connectivity index (χ1v) is 6.42. The SMILES string of the molecule is CCC(C)c1nc2c3cccnc3ccc2n1C. The van der Waals surface area contributed by atoms with Crippen LogP contribution in [0.3, 0.4) is 0 Å². The van der Waals surface area contributed by atoms with Crippen LogP contribution in [0.1, 0.15) is 32.0 Å². The summed E-state index contributed by atoms with van der Waals surface area (Å²) >= 11 is 0. The second-order valence-electron chi connectivity index (χ2n) is 4.84. The molecule has 3 nitrogen and oxygen atoms in total. The fourth-order valence-corrected chi connectivity index (χ4v) is 2.45. The molecule has 1 atom stereocenters. The lowest BCUT2D eigenvalue weighted by Gasteiger charge is -2.07. The van der Waals surface area contributed by atoms with Crippen LogP contribution in [0.25, 0.3) is 21.9 Å². The highest BCUT2D eigenvalue weighted by Crippen LogP contribution is 2.27. The van der Waals surface area contributed by atoms with E-state index in [1.807, 2.05) is 12.3 Å². The van der Waals surface area contributed by atoms with Crippen molar-refractivity contribution >= 4 is 21.9 Å². The van der Waals surface area contributed by atoms with Crippen LogP contribution in [-0.2, 0) is 7.05 Å². The third-order valence-electron chi connectivity index (χ3n) is 3.72. The van der Waals surface area contributed by atoms with E-state index in [0.29, 0.717) is 5.92 Å². The summed E-state index contributed by atoms with van der Waals surface area (Å²) in [5.41, 5.74) is 3.27. The largest absolute Gasteiger partial charge is 0.331 e. The van der Waals surface area contributed by atoms with Crippen LogP contribution < -0.4 is 0 Å². The van der Waals surface area contributed by atoms with Crippen molar-refractivity contribution in [3.63, 3.8) is 0 Å². The van der Waals surface area contributed by atoms with Gasteiger partial charge in [-0.05, 0) is 30.7 Å². The summed E-state index contributed by atoms with van der Waals surface area (Å²) in [5, 5.41) is 1.14. The highest BCUT2D eigenvalue weighted by Gasteiger charge is 2.14. The highest BCUT2D eigenvalue weighted by atomic mass is 15.1. The number of benzene rings is 1. The molecule has 0 aliphatic carbocycles. The number of pyridine rings is 1. The van der Waals surface area contributed by atoms with Crippen molar-refractivity contribution in [2.24, 2.45) is 7.05 Å². The number of fused-ring (bicyclic) bond motifs is 3. The molecule has 0 fully saturated rings. The first-order chi connectivity index (χ1) is 8.72. The molecule has 0 radical (unpaired) electrons. The first kappa shape index (κ1) is 11.2. The van der Waals surface area contributed by atoms with E-state index < -0.39 is 0 Å². The van der Waals surface area contributed by atoms with E-state index in [2.05, 4.69) is 48.6 Å². The molecule has 3 heteroatoms. The van der Waals surface area contributed by atoms with Crippen LogP contribution in [0.15, 0.2) is 30.5 Å². The molecule has 0 bridgehead atoms. The van der Waals surface area contributed by atoms with E-state index in [0.717, 1.165) is 28.7 Å². The molecule has 18 heavy (non-hydrogen) atoms. The van der Waals surface area contributed by atoms with Gasteiger partial charge < -0.3 is 4.57 Å². The zero-order valence-corrected chi connectivity index (χ0v) is 11.0. The lowest BCUT2D eigenvalue weighted by Crippen LogP contribution is -2.01. The second kappa shape index (κ2) is 4.09. The molecular formula is C15H17N3. The zero-order valence-electron chi connectivity index (χ0n) is 11.0. The van der Waals surface area contributed by atoms with Gasteiger partial charge in [-0.25, -0.2) is 4.98 Å². The molecule has 92 valence electrons. The Kier molecular flexibility index (Phi) is 2.54. The van der Waals surface area contributed by atoms with E-state index in [9.17, 15) is 0 Å². The van der Waals surface area contributed by atoms with E-state index in [-0.39, 0.29) is 0 Å². The Morgan fingerprint density at radius 1 is 1.28 bits per heavy atom. The maximum atomic E-state index is 4.83. The van der Waals surface area contributed by atoms with Crippen molar-refractivity contribution in [2.75, 3.05) is 0 Å². The summed E-state index contributed by atoms with van der Waals surface area (Å²) in [6.07, 6.45) is 2.93. The number of imidazole rings is 1. The smallest absolute Gasteiger partial charge is 0.112 e. The quantitative estimate of drug-likeness (QED) is 0.683. The Hall–Kier alpha value is -1.90. The number of aromatic nitrogens is 3. The van der Waals surface area contributed by atoms with Crippen LogP contribution in [0, 0.1) is 0 Å². The standard InChI is InChI=1S/C15H17N3/c1-4-10(2)15-17-14-11-6-5-9-16-12(11)7-8-13(14)18(15)3/h5-10H,4H2,1-3H3. The maximum Gasteiger partial charge on any atom is 0.112 e. The number of nitrogens with zero attached hydrogens (tertiary/aromatic N) is 3. The number of hydrogen-bond acceptors (Lipinski definition) is 2. The van der Waals surface area contributed by atoms with Gasteiger partial charge in [-0.3, -0.25) is 4.98 Å². The van der Waals surface area contributed by atoms with Crippen molar-refractivity contribution in [1.82, 2.24) is 14.5 Å². The van der Waals surface area contributed by atoms with Gasteiger partial charge in [0.2, 0.25) is 0 Å². The van der Waals surface area contributed by atoms with E-state index in [1.54, 1.807) is 0 Å². The van der Waals surface area contributed by atoms with Gasteiger partial charge in [-0.1, -0.05) is 13.8 Å². The van der Waals surface area contributed by atoms with Crippen LogP contribution in [-0.4, -0.2) is 14.5 Å². The fourth-order valence-electron chi connectivity index (χ4n) is 2.45. The van der Waals surface area contributed by atoms with Crippen molar-refractivity contribution in [3.8, 4) is 0 Å². The maximum absolute atomic E-state index is 4.83. The number of hydrogen-bond donors (Lipinski definition) is 0. The minimum atomic E-state index is 0.481.